The number of rotatable bonds is 6. The van der Waals surface area contributed by atoms with Gasteiger partial charge in [-0.25, -0.2) is 9.97 Å². The third-order valence-corrected chi connectivity index (χ3v) is 2.89. The molecular weight excluding hydrogens is 252 g/mol. The van der Waals surface area contributed by atoms with E-state index in [-0.39, 0.29) is 0 Å². The average molecular weight is 272 g/mol. The van der Waals surface area contributed by atoms with Crippen molar-refractivity contribution in [3.8, 4) is 0 Å². The highest BCUT2D eigenvalue weighted by Gasteiger charge is 2.05. The molecule has 1 aromatic heterocycles. The van der Waals surface area contributed by atoms with E-state index in [9.17, 15) is 0 Å². The highest BCUT2D eigenvalue weighted by molar-refractivity contribution is 5.62. The predicted octanol–water partition coefficient (Wildman–Crippen LogP) is 2.90. The number of benzene rings is 1. The van der Waals surface area contributed by atoms with Crippen LogP contribution in [0.4, 0.5) is 17.3 Å². The van der Waals surface area contributed by atoms with Gasteiger partial charge in [0.2, 0.25) is 0 Å². The molecule has 1 aromatic carbocycles. The monoisotopic (exact) mass is 272 g/mol. The van der Waals surface area contributed by atoms with Gasteiger partial charge in [-0.1, -0.05) is 25.1 Å². The van der Waals surface area contributed by atoms with Gasteiger partial charge < -0.3 is 15.8 Å². The summed E-state index contributed by atoms with van der Waals surface area (Å²) in [5, 5.41) is 3.29. The molecule has 0 saturated heterocycles. The fourth-order valence-corrected chi connectivity index (χ4v) is 1.93. The molecule has 3 N–H and O–H groups in total. The number of aromatic nitrogens is 2. The van der Waals surface area contributed by atoms with Crippen LogP contribution in [0.15, 0.2) is 30.3 Å². The quantitative estimate of drug-likeness (QED) is 0.846. The van der Waals surface area contributed by atoms with Crippen LogP contribution in [0.1, 0.15) is 25.2 Å². The van der Waals surface area contributed by atoms with Crippen molar-refractivity contribution >= 4 is 17.3 Å². The summed E-state index contributed by atoms with van der Waals surface area (Å²) in [5.41, 5.74) is 8.08. The Morgan fingerprint density at radius 2 is 2.00 bits per heavy atom. The molecule has 0 unspecified atom stereocenters. The molecule has 106 valence electrons. The summed E-state index contributed by atoms with van der Waals surface area (Å²) in [4.78, 5) is 8.57. The van der Waals surface area contributed by atoms with Crippen molar-refractivity contribution in [1.82, 2.24) is 9.97 Å². The van der Waals surface area contributed by atoms with E-state index in [2.05, 4.69) is 28.3 Å². The van der Waals surface area contributed by atoms with Gasteiger partial charge >= 0.3 is 0 Å². The lowest BCUT2D eigenvalue weighted by Gasteiger charge is -2.11. The van der Waals surface area contributed by atoms with Crippen molar-refractivity contribution < 1.29 is 4.74 Å². The van der Waals surface area contributed by atoms with Crippen LogP contribution in [-0.4, -0.2) is 16.6 Å². The molecule has 0 saturated carbocycles. The Morgan fingerprint density at radius 1 is 1.20 bits per heavy atom. The Kier molecular flexibility index (Phi) is 4.90. The van der Waals surface area contributed by atoms with Crippen LogP contribution in [0.2, 0.25) is 0 Å². The van der Waals surface area contributed by atoms with Crippen molar-refractivity contribution in [3.05, 3.63) is 41.7 Å². The maximum absolute atomic E-state index is 5.81. The highest BCUT2D eigenvalue weighted by Crippen LogP contribution is 2.21. The summed E-state index contributed by atoms with van der Waals surface area (Å²) in [7, 11) is 0. The summed E-state index contributed by atoms with van der Waals surface area (Å²) in [6, 6.07) is 9.86. The Balaban J connectivity index is 2.22. The van der Waals surface area contributed by atoms with Crippen molar-refractivity contribution in [3.63, 3.8) is 0 Å². The predicted molar refractivity (Wildman–Crippen MR) is 80.9 cm³/mol. The minimum absolute atomic E-state index is 0.367. The standard InChI is InChI=1S/C15H20N4O/c1-3-11-7-5-6-8-12(11)17-14-9-13(16)18-15(19-14)10-20-4-2/h5-9H,3-4,10H2,1-2H3,(H3,16,17,18,19). The zero-order valence-corrected chi connectivity index (χ0v) is 11.9. The molecule has 0 amide bonds. The molecule has 0 aliphatic carbocycles. The van der Waals surface area contributed by atoms with Gasteiger partial charge in [-0.15, -0.1) is 0 Å². The molecule has 5 nitrogen and oxygen atoms in total. The molecule has 0 aliphatic heterocycles. The number of hydrogen-bond acceptors (Lipinski definition) is 5. The van der Waals surface area contributed by atoms with Crippen molar-refractivity contribution in [2.75, 3.05) is 17.7 Å². The lowest BCUT2D eigenvalue weighted by molar-refractivity contribution is 0.128. The van der Waals surface area contributed by atoms with Crippen LogP contribution in [0.5, 0.6) is 0 Å². The number of para-hydroxylation sites is 1. The Labute approximate surface area is 119 Å². The number of nitrogen functional groups attached to an aromatic ring is 1. The van der Waals surface area contributed by atoms with Gasteiger partial charge in [-0.05, 0) is 25.0 Å². The molecular formula is C15H20N4O. The summed E-state index contributed by atoms with van der Waals surface area (Å²) in [5.74, 6) is 1.71. The molecule has 5 heteroatoms. The van der Waals surface area contributed by atoms with E-state index in [0.29, 0.717) is 30.7 Å². The number of anilines is 3. The largest absolute Gasteiger partial charge is 0.384 e. The summed E-state index contributed by atoms with van der Waals surface area (Å²) in [6.07, 6.45) is 0.954. The first-order valence-corrected chi connectivity index (χ1v) is 6.79. The molecule has 0 fully saturated rings. The molecule has 0 atom stereocenters. The first-order valence-electron chi connectivity index (χ1n) is 6.79. The van der Waals surface area contributed by atoms with Crippen LogP contribution >= 0.6 is 0 Å². The van der Waals surface area contributed by atoms with E-state index in [1.54, 1.807) is 6.07 Å². The van der Waals surface area contributed by atoms with Gasteiger partial charge in [-0.3, -0.25) is 0 Å². The van der Waals surface area contributed by atoms with E-state index in [1.807, 2.05) is 25.1 Å². The fourth-order valence-electron chi connectivity index (χ4n) is 1.93. The molecule has 20 heavy (non-hydrogen) atoms. The first-order chi connectivity index (χ1) is 9.72. The first kappa shape index (κ1) is 14.3. The van der Waals surface area contributed by atoms with Crippen molar-refractivity contribution in [1.29, 1.82) is 0 Å². The maximum Gasteiger partial charge on any atom is 0.158 e. The van der Waals surface area contributed by atoms with Gasteiger partial charge in [0.05, 0.1) is 0 Å². The number of hydrogen-bond donors (Lipinski definition) is 2. The minimum atomic E-state index is 0.367. The van der Waals surface area contributed by atoms with Crippen LogP contribution in [0.25, 0.3) is 0 Å². The number of nitrogens with zero attached hydrogens (tertiary/aromatic N) is 2. The normalized spacial score (nSPS) is 10.5. The molecule has 0 bridgehead atoms. The second kappa shape index (κ2) is 6.86. The van der Waals surface area contributed by atoms with E-state index in [0.717, 1.165) is 12.1 Å². The van der Waals surface area contributed by atoms with Crippen LogP contribution in [0, 0.1) is 0 Å². The van der Waals surface area contributed by atoms with Gasteiger partial charge in [-0.2, -0.15) is 0 Å². The summed E-state index contributed by atoms with van der Waals surface area (Å²) < 4.78 is 5.32. The Hall–Kier alpha value is -2.14. The van der Waals surface area contributed by atoms with Crippen molar-refractivity contribution in [2.24, 2.45) is 0 Å². The third-order valence-electron chi connectivity index (χ3n) is 2.89. The zero-order valence-electron chi connectivity index (χ0n) is 11.9. The van der Waals surface area contributed by atoms with E-state index in [4.69, 9.17) is 10.5 Å². The summed E-state index contributed by atoms with van der Waals surface area (Å²) in [6.45, 7) is 5.05. The topological polar surface area (TPSA) is 73.1 Å². The molecule has 0 aliphatic rings. The third kappa shape index (κ3) is 3.68. The molecule has 1 heterocycles. The van der Waals surface area contributed by atoms with Gasteiger partial charge in [0, 0.05) is 18.4 Å². The highest BCUT2D eigenvalue weighted by atomic mass is 16.5. The Bertz CT molecular complexity index is 572. The SMILES string of the molecule is CCOCc1nc(N)cc(Nc2ccccc2CC)n1. The molecule has 2 rings (SSSR count). The van der Waals surface area contributed by atoms with E-state index in [1.165, 1.54) is 5.56 Å². The van der Waals surface area contributed by atoms with E-state index >= 15 is 0 Å². The number of nitrogens with one attached hydrogen (secondary N) is 1. The number of ether oxygens (including phenoxy) is 1. The molecule has 0 radical (unpaired) electrons. The lowest BCUT2D eigenvalue weighted by atomic mass is 10.1. The zero-order chi connectivity index (χ0) is 14.4. The number of nitrogens with two attached hydrogens (primary N) is 1. The van der Waals surface area contributed by atoms with Crippen LogP contribution in [-0.2, 0) is 17.8 Å². The second-order valence-corrected chi connectivity index (χ2v) is 4.37. The van der Waals surface area contributed by atoms with Crippen LogP contribution < -0.4 is 11.1 Å². The van der Waals surface area contributed by atoms with Gasteiger partial charge in [0.1, 0.15) is 18.2 Å². The molecule has 0 spiro atoms. The molecule has 2 aromatic rings. The Morgan fingerprint density at radius 3 is 2.75 bits per heavy atom. The van der Waals surface area contributed by atoms with Crippen molar-refractivity contribution in [2.45, 2.75) is 26.9 Å². The second-order valence-electron chi connectivity index (χ2n) is 4.37. The van der Waals surface area contributed by atoms with Crippen LogP contribution in [0.3, 0.4) is 0 Å². The lowest BCUT2D eigenvalue weighted by Crippen LogP contribution is -2.06. The fraction of sp³-hybridized carbons (Fsp3) is 0.333. The van der Waals surface area contributed by atoms with Gasteiger partial charge in [0.25, 0.3) is 0 Å². The van der Waals surface area contributed by atoms with E-state index < -0.39 is 0 Å². The van der Waals surface area contributed by atoms with Gasteiger partial charge in [0.15, 0.2) is 5.82 Å². The average Bonchev–Trinajstić information content (AvgIpc) is 2.45. The summed E-state index contributed by atoms with van der Waals surface area (Å²) >= 11 is 0. The number of aryl methyl sites for hydroxylation is 1. The maximum atomic E-state index is 5.81. The minimum Gasteiger partial charge on any atom is -0.384 e. The smallest absolute Gasteiger partial charge is 0.158 e.